The number of hydrogen-bond acceptors (Lipinski definition) is 2. The fraction of sp³-hybridized carbons (Fsp3) is 0.368. The predicted molar refractivity (Wildman–Crippen MR) is 102 cm³/mol. The van der Waals surface area contributed by atoms with Gasteiger partial charge >= 0.3 is 0 Å². The van der Waals surface area contributed by atoms with Crippen LogP contribution in [0.15, 0.2) is 47.6 Å². The monoisotopic (exact) mass is 344 g/mol. The van der Waals surface area contributed by atoms with Crippen LogP contribution in [0.25, 0.3) is 0 Å². The minimum atomic E-state index is 0.524. The Labute approximate surface area is 149 Å². The van der Waals surface area contributed by atoms with Crippen molar-refractivity contribution >= 4 is 17.6 Å². The molecule has 0 atom stereocenters. The Kier molecular flexibility index (Phi) is 7.56. The summed E-state index contributed by atoms with van der Waals surface area (Å²) in [5, 5.41) is 7.18. The molecule has 0 bridgehead atoms. The Morgan fingerprint density at radius 2 is 1.88 bits per heavy atom. The number of guanidine groups is 1. The van der Waals surface area contributed by atoms with Crippen LogP contribution in [0.4, 0.5) is 0 Å². The van der Waals surface area contributed by atoms with Crippen LogP contribution in [0.2, 0.25) is 5.15 Å². The first-order chi connectivity index (χ1) is 11.7. The molecular formula is C19H25ClN4. The molecular weight excluding hydrogens is 320 g/mol. The number of rotatable bonds is 7. The maximum absolute atomic E-state index is 5.81. The average molecular weight is 345 g/mol. The van der Waals surface area contributed by atoms with Gasteiger partial charge in [0.05, 0.1) is 6.54 Å². The molecule has 2 aromatic rings. The second kappa shape index (κ2) is 9.93. The van der Waals surface area contributed by atoms with Crippen LogP contribution >= 0.6 is 11.6 Å². The summed E-state index contributed by atoms with van der Waals surface area (Å²) in [6.45, 7) is 6.56. The Morgan fingerprint density at radius 1 is 1.08 bits per heavy atom. The molecule has 128 valence electrons. The number of nitrogens with zero attached hydrogens (tertiary/aromatic N) is 2. The number of benzene rings is 1. The molecule has 1 aromatic carbocycles. The van der Waals surface area contributed by atoms with E-state index in [1.807, 2.05) is 18.3 Å². The van der Waals surface area contributed by atoms with E-state index >= 15 is 0 Å². The Balaban J connectivity index is 1.91. The lowest BCUT2D eigenvalue weighted by Gasteiger charge is -2.12. The summed E-state index contributed by atoms with van der Waals surface area (Å²) in [5.41, 5.74) is 3.78. The lowest BCUT2D eigenvalue weighted by Crippen LogP contribution is -2.38. The Hall–Kier alpha value is -2.07. The molecule has 0 saturated heterocycles. The minimum Gasteiger partial charge on any atom is -0.357 e. The molecule has 2 N–H and O–H groups in total. The minimum absolute atomic E-state index is 0.524. The summed E-state index contributed by atoms with van der Waals surface area (Å²) in [4.78, 5) is 8.80. The van der Waals surface area contributed by atoms with Crippen molar-refractivity contribution in [1.29, 1.82) is 0 Å². The number of aryl methyl sites for hydroxylation is 1. The highest BCUT2D eigenvalue weighted by Gasteiger charge is 2.01. The Morgan fingerprint density at radius 3 is 2.54 bits per heavy atom. The second-order valence-electron chi connectivity index (χ2n) is 5.48. The third kappa shape index (κ3) is 5.85. The molecule has 0 saturated carbocycles. The van der Waals surface area contributed by atoms with Crippen LogP contribution in [-0.4, -0.2) is 24.0 Å². The lowest BCUT2D eigenvalue weighted by atomic mass is 10.1. The van der Waals surface area contributed by atoms with Gasteiger partial charge in [0.25, 0.3) is 0 Å². The van der Waals surface area contributed by atoms with Crippen molar-refractivity contribution < 1.29 is 0 Å². The Bertz CT molecular complexity index is 653. The van der Waals surface area contributed by atoms with Crippen LogP contribution in [0, 0.1) is 0 Å². The number of aliphatic imine (C=N–C) groups is 1. The molecule has 4 nitrogen and oxygen atoms in total. The van der Waals surface area contributed by atoms with Crippen LogP contribution in [0.1, 0.15) is 30.5 Å². The number of aromatic nitrogens is 1. The van der Waals surface area contributed by atoms with Gasteiger partial charge in [0.1, 0.15) is 5.15 Å². The molecule has 0 aliphatic rings. The van der Waals surface area contributed by atoms with Gasteiger partial charge in [0.2, 0.25) is 0 Å². The van der Waals surface area contributed by atoms with Crippen LogP contribution < -0.4 is 10.6 Å². The first-order valence-electron chi connectivity index (χ1n) is 8.42. The first kappa shape index (κ1) is 18.3. The smallest absolute Gasteiger partial charge is 0.191 e. The average Bonchev–Trinajstić information content (AvgIpc) is 2.61. The zero-order valence-electron chi connectivity index (χ0n) is 14.3. The highest BCUT2D eigenvalue weighted by Crippen LogP contribution is 2.10. The van der Waals surface area contributed by atoms with Gasteiger partial charge in [-0.25, -0.2) is 9.98 Å². The molecule has 0 aliphatic carbocycles. The quantitative estimate of drug-likeness (QED) is 0.458. The van der Waals surface area contributed by atoms with E-state index in [1.165, 1.54) is 11.1 Å². The van der Waals surface area contributed by atoms with Crippen molar-refractivity contribution in [2.75, 3.05) is 13.1 Å². The van der Waals surface area contributed by atoms with Crippen molar-refractivity contribution in [3.63, 3.8) is 0 Å². The van der Waals surface area contributed by atoms with Gasteiger partial charge in [-0.1, -0.05) is 48.9 Å². The zero-order chi connectivity index (χ0) is 17.2. The number of nitrogens with one attached hydrogen (secondary N) is 2. The van der Waals surface area contributed by atoms with Gasteiger partial charge in [-0.15, -0.1) is 0 Å². The van der Waals surface area contributed by atoms with Crippen molar-refractivity contribution in [1.82, 2.24) is 15.6 Å². The summed E-state index contributed by atoms with van der Waals surface area (Å²) in [5.74, 6) is 0.838. The molecule has 0 amide bonds. The van der Waals surface area contributed by atoms with Gasteiger partial charge in [-0.2, -0.15) is 0 Å². The summed E-state index contributed by atoms with van der Waals surface area (Å²) in [7, 11) is 0. The maximum atomic E-state index is 5.81. The maximum Gasteiger partial charge on any atom is 0.191 e. The van der Waals surface area contributed by atoms with Crippen molar-refractivity contribution in [3.05, 3.63) is 64.4 Å². The standard InChI is InChI=1S/C19H25ClN4/c1-3-16-7-5-6-8-17(16)14-24-19(21-4-2)22-12-11-15-9-10-18(20)23-13-15/h5-10,13H,3-4,11-12,14H2,1-2H3,(H2,21,22,24). The molecule has 0 unspecified atom stereocenters. The van der Waals surface area contributed by atoms with Gasteiger partial charge in [0, 0.05) is 19.3 Å². The van der Waals surface area contributed by atoms with E-state index < -0.39 is 0 Å². The molecule has 1 heterocycles. The van der Waals surface area contributed by atoms with E-state index in [9.17, 15) is 0 Å². The van der Waals surface area contributed by atoms with Crippen molar-refractivity contribution in [2.24, 2.45) is 4.99 Å². The van der Waals surface area contributed by atoms with E-state index in [1.54, 1.807) is 0 Å². The highest BCUT2D eigenvalue weighted by molar-refractivity contribution is 6.29. The summed E-state index contributed by atoms with van der Waals surface area (Å²) in [6, 6.07) is 12.3. The molecule has 0 radical (unpaired) electrons. The zero-order valence-corrected chi connectivity index (χ0v) is 15.1. The summed E-state index contributed by atoms with van der Waals surface area (Å²) >= 11 is 5.81. The third-order valence-corrected chi connectivity index (χ3v) is 3.97. The first-order valence-corrected chi connectivity index (χ1v) is 8.80. The van der Waals surface area contributed by atoms with Gasteiger partial charge < -0.3 is 10.6 Å². The van der Waals surface area contributed by atoms with E-state index in [4.69, 9.17) is 16.6 Å². The fourth-order valence-corrected chi connectivity index (χ4v) is 2.55. The lowest BCUT2D eigenvalue weighted by molar-refractivity contribution is 0.797. The van der Waals surface area contributed by atoms with Crippen LogP contribution in [-0.2, 0) is 19.4 Å². The second-order valence-corrected chi connectivity index (χ2v) is 5.87. The van der Waals surface area contributed by atoms with Crippen molar-refractivity contribution in [3.8, 4) is 0 Å². The molecule has 0 spiro atoms. The number of halogens is 1. The third-order valence-electron chi connectivity index (χ3n) is 3.75. The van der Waals surface area contributed by atoms with E-state index in [-0.39, 0.29) is 0 Å². The van der Waals surface area contributed by atoms with E-state index in [0.29, 0.717) is 11.7 Å². The molecule has 0 aliphatic heterocycles. The van der Waals surface area contributed by atoms with Crippen LogP contribution in [0.3, 0.4) is 0 Å². The molecule has 5 heteroatoms. The van der Waals surface area contributed by atoms with Crippen LogP contribution in [0.5, 0.6) is 0 Å². The largest absolute Gasteiger partial charge is 0.357 e. The SMILES string of the molecule is CCNC(=NCc1ccccc1CC)NCCc1ccc(Cl)nc1. The number of pyridine rings is 1. The molecule has 1 aromatic heterocycles. The normalized spacial score (nSPS) is 11.4. The summed E-state index contributed by atoms with van der Waals surface area (Å²) < 4.78 is 0. The highest BCUT2D eigenvalue weighted by atomic mass is 35.5. The van der Waals surface area contributed by atoms with Gasteiger partial charge in [-0.3, -0.25) is 0 Å². The van der Waals surface area contributed by atoms with E-state index in [2.05, 4.69) is 53.7 Å². The topological polar surface area (TPSA) is 49.3 Å². The van der Waals surface area contributed by atoms with Crippen molar-refractivity contribution in [2.45, 2.75) is 33.2 Å². The fourth-order valence-electron chi connectivity index (χ4n) is 2.44. The van der Waals surface area contributed by atoms with Gasteiger partial charge in [0.15, 0.2) is 5.96 Å². The molecule has 2 rings (SSSR count). The number of hydrogen-bond donors (Lipinski definition) is 2. The summed E-state index contributed by atoms with van der Waals surface area (Å²) in [6.07, 6.45) is 3.71. The van der Waals surface area contributed by atoms with Gasteiger partial charge in [-0.05, 0) is 42.5 Å². The predicted octanol–water partition coefficient (Wildman–Crippen LogP) is 3.60. The molecule has 24 heavy (non-hydrogen) atoms. The molecule has 0 fully saturated rings. The van der Waals surface area contributed by atoms with E-state index in [0.717, 1.165) is 37.5 Å².